The predicted molar refractivity (Wildman–Crippen MR) is 135 cm³/mol. The Morgan fingerprint density at radius 2 is 1.74 bits per heavy atom. The van der Waals surface area contributed by atoms with Gasteiger partial charge < -0.3 is 4.90 Å². The zero-order valence-electron chi connectivity index (χ0n) is 21.5. The number of nitrogens with zero attached hydrogens (tertiary/aromatic N) is 1. The molecule has 2 rings (SSSR count). The first-order chi connectivity index (χ1) is 14.9. The van der Waals surface area contributed by atoms with Gasteiger partial charge in [-0.1, -0.05) is 92.2 Å². The molecule has 2 atom stereocenters. The minimum atomic E-state index is -0.124. The first kappa shape index (κ1) is 29.1. The molecule has 31 heavy (non-hydrogen) atoms. The topological polar surface area (TPSA) is 37.4 Å². The lowest BCUT2D eigenvalue weighted by atomic mass is 9.77. The summed E-state index contributed by atoms with van der Waals surface area (Å²) < 4.78 is 0. The lowest BCUT2D eigenvalue weighted by Gasteiger charge is -2.44. The Balaban J connectivity index is 0.00000212. The molecule has 0 radical (unpaired) electrons. The standard InChI is InChI=1S/C24H35NO2.2C2H6/c1-6-9-10-11-17(4)16-25-20(14-19(7-2)8-3)12-13-21-18(5)22(26)15-23(27)24(21)25;2*1-2/h6,9-11,18-20H,4,7-8,12-16H2,1-3,5H3;2*1-2H3/b9-6-,11-10-;;. The van der Waals surface area contributed by atoms with E-state index in [1.807, 2.05) is 65.8 Å². The number of ketones is 2. The van der Waals surface area contributed by atoms with Gasteiger partial charge in [-0.25, -0.2) is 0 Å². The van der Waals surface area contributed by atoms with Gasteiger partial charge in [-0.2, -0.15) is 0 Å². The van der Waals surface area contributed by atoms with Gasteiger partial charge in [-0.05, 0) is 43.3 Å². The number of carbonyl (C=O) groups is 2. The van der Waals surface area contributed by atoms with E-state index in [2.05, 4.69) is 25.3 Å². The molecule has 0 saturated heterocycles. The van der Waals surface area contributed by atoms with Crippen LogP contribution in [-0.2, 0) is 9.59 Å². The molecule has 176 valence electrons. The second-order valence-electron chi connectivity index (χ2n) is 7.94. The summed E-state index contributed by atoms with van der Waals surface area (Å²) in [7, 11) is 0. The summed E-state index contributed by atoms with van der Waals surface area (Å²) in [6.07, 6.45) is 13.4. The largest absolute Gasteiger partial charge is 0.361 e. The van der Waals surface area contributed by atoms with Crippen LogP contribution in [-0.4, -0.2) is 29.1 Å². The highest BCUT2D eigenvalue weighted by molar-refractivity contribution is 6.12. The van der Waals surface area contributed by atoms with Gasteiger partial charge in [0.1, 0.15) is 5.78 Å². The van der Waals surface area contributed by atoms with E-state index >= 15 is 0 Å². The fraction of sp³-hybridized carbons (Fsp3) is 0.643. The Hall–Kier alpha value is -1.90. The summed E-state index contributed by atoms with van der Waals surface area (Å²) in [6, 6.07) is 0.352. The molecule has 3 nitrogen and oxygen atoms in total. The molecule has 0 bridgehead atoms. The van der Waals surface area contributed by atoms with Crippen LogP contribution in [0.25, 0.3) is 0 Å². The first-order valence-electron chi connectivity index (χ1n) is 12.5. The van der Waals surface area contributed by atoms with E-state index in [9.17, 15) is 9.59 Å². The Morgan fingerprint density at radius 3 is 2.29 bits per heavy atom. The molecule has 1 heterocycles. The van der Waals surface area contributed by atoms with Crippen LogP contribution in [0.3, 0.4) is 0 Å². The molecular formula is C28H47NO2. The van der Waals surface area contributed by atoms with Crippen LogP contribution in [0, 0.1) is 11.8 Å². The molecule has 0 saturated carbocycles. The molecule has 0 aromatic heterocycles. The maximum absolute atomic E-state index is 12.8. The van der Waals surface area contributed by atoms with Gasteiger partial charge in [0.15, 0.2) is 5.78 Å². The minimum Gasteiger partial charge on any atom is -0.361 e. The van der Waals surface area contributed by atoms with Gasteiger partial charge in [0.2, 0.25) is 0 Å². The van der Waals surface area contributed by atoms with Gasteiger partial charge in [-0.3, -0.25) is 9.59 Å². The smallest absolute Gasteiger partial charge is 0.186 e. The van der Waals surface area contributed by atoms with Crippen molar-refractivity contribution in [1.82, 2.24) is 4.90 Å². The number of hydrogen-bond donors (Lipinski definition) is 0. The Morgan fingerprint density at radius 1 is 1.13 bits per heavy atom. The van der Waals surface area contributed by atoms with Crippen molar-refractivity contribution in [3.05, 3.63) is 47.7 Å². The third kappa shape index (κ3) is 8.27. The van der Waals surface area contributed by atoms with Crippen LogP contribution in [0.5, 0.6) is 0 Å². The van der Waals surface area contributed by atoms with Gasteiger partial charge in [-0.15, -0.1) is 0 Å². The summed E-state index contributed by atoms with van der Waals surface area (Å²) >= 11 is 0. The highest BCUT2D eigenvalue weighted by atomic mass is 16.2. The predicted octanol–water partition coefficient (Wildman–Crippen LogP) is 7.45. The normalized spacial score (nSPS) is 21.1. The fourth-order valence-corrected chi connectivity index (χ4v) is 4.35. The van der Waals surface area contributed by atoms with Crippen molar-refractivity contribution in [3.63, 3.8) is 0 Å². The molecule has 0 aromatic rings. The summed E-state index contributed by atoms with van der Waals surface area (Å²) in [5, 5.41) is 0. The van der Waals surface area contributed by atoms with Gasteiger partial charge in [0.05, 0.1) is 12.1 Å². The van der Waals surface area contributed by atoms with E-state index < -0.39 is 0 Å². The Labute approximate surface area is 192 Å². The molecule has 2 aliphatic rings. The van der Waals surface area contributed by atoms with Crippen molar-refractivity contribution < 1.29 is 9.59 Å². The lowest BCUT2D eigenvalue weighted by molar-refractivity contribution is -0.129. The maximum atomic E-state index is 12.8. The first-order valence-corrected chi connectivity index (χ1v) is 12.5. The van der Waals surface area contributed by atoms with Crippen LogP contribution < -0.4 is 0 Å². The van der Waals surface area contributed by atoms with Crippen LogP contribution in [0.15, 0.2) is 47.7 Å². The van der Waals surface area contributed by atoms with Gasteiger partial charge in [0.25, 0.3) is 0 Å². The highest BCUT2D eigenvalue weighted by Gasteiger charge is 2.40. The molecule has 0 amide bonds. The quantitative estimate of drug-likeness (QED) is 0.297. The zero-order chi connectivity index (χ0) is 24.0. The third-order valence-electron chi connectivity index (χ3n) is 6.15. The second kappa shape index (κ2) is 15.8. The molecule has 0 aromatic carbocycles. The average Bonchev–Trinajstić information content (AvgIpc) is 2.79. The lowest BCUT2D eigenvalue weighted by Crippen LogP contribution is -2.46. The van der Waals surface area contributed by atoms with Crippen LogP contribution in [0.2, 0.25) is 0 Å². The second-order valence-corrected chi connectivity index (χ2v) is 7.94. The highest BCUT2D eigenvalue weighted by Crippen LogP contribution is 2.39. The Bertz CT molecular complexity index is 664. The van der Waals surface area contributed by atoms with E-state index in [4.69, 9.17) is 0 Å². The van der Waals surface area contributed by atoms with Crippen molar-refractivity contribution in [2.75, 3.05) is 6.54 Å². The van der Waals surface area contributed by atoms with Crippen LogP contribution in [0.1, 0.15) is 93.9 Å². The van der Waals surface area contributed by atoms with Gasteiger partial charge >= 0.3 is 0 Å². The molecule has 2 unspecified atom stereocenters. The summed E-state index contributed by atoms with van der Waals surface area (Å²) in [5.41, 5.74) is 2.88. The fourth-order valence-electron chi connectivity index (χ4n) is 4.35. The van der Waals surface area contributed by atoms with Crippen molar-refractivity contribution >= 4 is 11.6 Å². The Kier molecular flexibility index (Phi) is 14.9. The van der Waals surface area contributed by atoms with E-state index in [-0.39, 0.29) is 23.9 Å². The number of rotatable bonds is 8. The molecule has 0 spiro atoms. The SMILES string of the molecule is C=C(/C=C\C=C/C)CN1C2=C(CCC1CC(CC)CC)C(C)C(=O)CC2=O.CC.CC. The van der Waals surface area contributed by atoms with Crippen LogP contribution >= 0.6 is 0 Å². The average molecular weight is 430 g/mol. The molecular weight excluding hydrogens is 382 g/mol. The van der Waals surface area contributed by atoms with Crippen molar-refractivity contribution in [3.8, 4) is 0 Å². The van der Waals surface area contributed by atoms with E-state index in [0.717, 1.165) is 48.9 Å². The van der Waals surface area contributed by atoms with E-state index in [0.29, 0.717) is 18.5 Å². The maximum Gasteiger partial charge on any atom is 0.186 e. The number of hydrogen-bond acceptors (Lipinski definition) is 3. The van der Waals surface area contributed by atoms with Crippen molar-refractivity contribution in [2.45, 2.75) is 100.0 Å². The monoisotopic (exact) mass is 429 g/mol. The molecule has 1 aliphatic heterocycles. The number of carbonyl (C=O) groups excluding carboxylic acids is 2. The van der Waals surface area contributed by atoms with E-state index in [1.165, 1.54) is 0 Å². The minimum absolute atomic E-state index is 0.00702. The zero-order valence-corrected chi connectivity index (χ0v) is 21.5. The van der Waals surface area contributed by atoms with Crippen molar-refractivity contribution in [1.29, 1.82) is 0 Å². The summed E-state index contributed by atoms with van der Waals surface area (Å²) in [6.45, 7) is 21.3. The van der Waals surface area contributed by atoms with Crippen LogP contribution in [0.4, 0.5) is 0 Å². The van der Waals surface area contributed by atoms with Crippen molar-refractivity contribution in [2.24, 2.45) is 11.8 Å². The molecule has 0 fully saturated rings. The number of allylic oxidation sites excluding steroid dienone is 5. The summed E-state index contributed by atoms with van der Waals surface area (Å²) in [5.74, 6) is 0.627. The van der Waals surface area contributed by atoms with E-state index in [1.54, 1.807) is 0 Å². The van der Waals surface area contributed by atoms with Gasteiger partial charge in [0, 0.05) is 18.5 Å². The summed E-state index contributed by atoms with van der Waals surface area (Å²) in [4.78, 5) is 27.3. The number of Topliss-reactive ketones (excluding diaryl/α,β-unsaturated/α-hetero) is 2. The molecule has 1 aliphatic carbocycles. The molecule has 3 heteroatoms. The molecule has 0 N–H and O–H groups in total. The third-order valence-corrected chi connectivity index (χ3v) is 6.15.